The summed E-state index contributed by atoms with van der Waals surface area (Å²) in [5.74, 6) is 0.937. The summed E-state index contributed by atoms with van der Waals surface area (Å²) in [5.41, 5.74) is 1.99. The van der Waals surface area contributed by atoms with Gasteiger partial charge in [0.2, 0.25) is 11.6 Å². The van der Waals surface area contributed by atoms with Crippen LogP contribution < -0.4 is 0 Å². The van der Waals surface area contributed by atoms with Crippen molar-refractivity contribution in [2.45, 2.75) is 51.6 Å². The highest BCUT2D eigenvalue weighted by atomic mass is 16.3. The van der Waals surface area contributed by atoms with Gasteiger partial charge in [-0.3, -0.25) is 9.59 Å². The fourth-order valence-electron chi connectivity index (χ4n) is 5.59. The number of carbonyl (C=O) groups is 2. The van der Waals surface area contributed by atoms with Crippen molar-refractivity contribution in [3.8, 4) is 0 Å². The molecule has 3 nitrogen and oxygen atoms in total. The summed E-state index contributed by atoms with van der Waals surface area (Å²) in [5, 5.41) is 10.4. The Kier molecular flexibility index (Phi) is 2.81. The van der Waals surface area contributed by atoms with Crippen LogP contribution >= 0.6 is 0 Å². The molecule has 0 radical (unpaired) electrons. The predicted molar refractivity (Wildman–Crippen MR) is 78.5 cm³/mol. The van der Waals surface area contributed by atoms with Crippen molar-refractivity contribution in [2.24, 2.45) is 23.2 Å². The molecule has 3 heteroatoms. The molecule has 21 heavy (non-hydrogen) atoms. The molecule has 4 aliphatic carbocycles. The van der Waals surface area contributed by atoms with Crippen molar-refractivity contribution in [1.29, 1.82) is 0 Å². The second-order valence-corrected chi connectivity index (χ2v) is 7.51. The van der Waals surface area contributed by atoms with Crippen LogP contribution in [0.3, 0.4) is 0 Å². The lowest BCUT2D eigenvalue weighted by Gasteiger charge is -2.50. The standard InChI is InChI=1S/C18H22O3/c1-18-9-8-11-10-4-6-15(19)17(21)13(10)3-2-12(11)14(18)5-7-16(18)20/h4,6,11-12,14,16,20H,2-3,5,7-9H2,1H3/t11?,12?,14?,16-,18-/m0/s1. The summed E-state index contributed by atoms with van der Waals surface area (Å²) in [4.78, 5) is 23.7. The lowest BCUT2D eigenvalue weighted by molar-refractivity contribution is -0.132. The number of rotatable bonds is 0. The van der Waals surface area contributed by atoms with Crippen molar-refractivity contribution < 1.29 is 14.7 Å². The first-order chi connectivity index (χ1) is 10.0. The SMILES string of the molecule is C[C@]12CCC3C4=C(CCC3C1CC[C@@H]2O)C(=O)C(=O)C=C4. The van der Waals surface area contributed by atoms with E-state index >= 15 is 0 Å². The molecule has 0 aromatic carbocycles. The number of ketones is 2. The van der Waals surface area contributed by atoms with Gasteiger partial charge in [0.1, 0.15) is 0 Å². The Labute approximate surface area is 125 Å². The highest BCUT2D eigenvalue weighted by Crippen LogP contribution is 2.60. The van der Waals surface area contributed by atoms with Gasteiger partial charge in [-0.2, -0.15) is 0 Å². The van der Waals surface area contributed by atoms with Crippen LogP contribution in [0, 0.1) is 23.2 Å². The van der Waals surface area contributed by atoms with Gasteiger partial charge in [-0.05, 0) is 73.3 Å². The Morgan fingerprint density at radius 3 is 2.76 bits per heavy atom. The molecule has 112 valence electrons. The summed E-state index contributed by atoms with van der Waals surface area (Å²) in [6, 6.07) is 0. The number of carbonyl (C=O) groups excluding carboxylic acids is 2. The number of allylic oxidation sites excluding steroid dienone is 4. The lowest BCUT2D eigenvalue weighted by Crippen LogP contribution is -2.45. The molecular formula is C18H22O3. The van der Waals surface area contributed by atoms with E-state index in [1.54, 1.807) is 0 Å². The lowest BCUT2D eigenvalue weighted by atomic mass is 9.54. The van der Waals surface area contributed by atoms with Gasteiger partial charge in [0.05, 0.1) is 6.10 Å². The average Bonchev–Trinajstić information content (AvgIpc) is 2.78. The minimum absolute atomic E-state index is 0.0669. The van der Waals surface area contributed by atoms with E-state index in [1.807, 2.05) is 6.08 Å². The summed E-state index contributed by atoms with van der Waals surface area (Å²) < 4.78 is 0. The Morgan fingerprint density at radius 1 is 1.14 bits per heavy atom. The smallest absolute Gasteiger partial charge is 0.229 e. The van der Waals surface area contributed by atoms with Gasteiger partial charge in [0.25, 0.3) is 0 Å². The van der Waals surface area contributed by atoms with E-state index in [1.165, 1.54) is 6.08 Å². The molecule has 2 fully saturated rings. The van der Waals surface area contributed by atoms with Crippen molar-refractivity contribution in [2.75, 3.05) is 0 Å². The molecule has 2 saturated carbocycles. The Hall–Kier alpha value is -1.22. The van der Waals surface area contributed by atoms with Gasteiger partial charge in [-0.15, -0.1) is 0 Å². The molecule has 0 bridgehead atoms. The fourth-order valence-corrected chi connectivity index (χ4v) is 5.59. The number of aliphatic hydroxyl groups excluding tert-OH is 1. The Morgan fingerprint density at radius 2 is 1.95 bits per heavy atom. The minimum Gasteiger partial charge on any atom is -0.393 e. The first-order valence-electron chi connectivity index (χ1n) is 8.20. The van der Waals surface area contributed by atoms with Gasteiger partial charge in [0, 0.05) is 5.57 Å². The molecule has 0 aliphatic heterocycles. The topological polar surface area (TPSA) is 54.4 Å². The van der Waals surface area contributed by atoms with Crippen LogP contribution in [0.5, 0.6) is 0 Å². The zero-order valence-corrected chi connectivity index (χ0v) is 12.5. The average molecular weight is 286 g/mol. The number of hydrogen-bond acceptors (Lipinski definition) is 3. The second-order valence-electron chi connectivity index (χ2n) is 7.51. The molecule has 1 N–H and O–H groups in total. The monoisotopic (exact) mass is 286 g/mol. The number of fused-ring (bicyclic) bond motifs is 4. The molecule has 5 atom stereocenters. The first kappa shape index (κ1) is 13.4. The van der Waals surface area contributed by atoms with Gasteiger partial charge in [-0.25, -0.2) is 0 Å². The normalized spacial score (nSPS) is 45.4. The number of hydrogen-bond donors (Lipinski definition) is 1. The molecule has 0 saturated heterocycles. The number of aliphatic hydroxyl groups is 1. The first-order valence-corrected chi connectivity index (χ1v) is 8.20. The van der Waals surface area contributed by atoms with E-state index in [-0.39, 0.29) is 23.1 Å². The highest BCUT2D eigenvalue weighted by Gasteiger charge is 2.55. The molecule has 0 heterocycles. The largest absolute Gasteiger partial charge is 0.393 e. The molecule has 4 rings (SSSR count). The molecule has 4 aliphatic rings. The van der Waals surface area contributed by atoms with Crippen LogP contribution in [0.15, 0.2) is 23.3 Å². The van der Waals surface area contributed by atoms with E-state index in [0.717, 1.165) is 49.7 Å². The Bertz CT molecular complexity index is 585. The summed E-state index contributed by atoms with van der Waals surface area (Å²) >= 11 is 0. The summed E-state index contributed by atoms with van der Waals surface area (Å²) in [6.07, 6.45) is 9.06. The van der Waals surface area contributed by atoms with E-state index in [4.69, 9.17) is 0 Å². The van der Waals surface area contributed by atoms with Crippen molar-refractivity contribution in [3.05, 3.63) is 23.3 Å². The zero-order valence-electron chi connectivity index (χ0n) is 12.5. The molecule has 0 aromatic heterocycles. The van der Waals surface area contributed by atoms with Gasteiger partial charge in [0.15, 0.2) is 0 Å². The third-order valence-electron chi connectivity index (χ3n) is 6.77. The zero-order chi connectivity index (χ0) is 14.8. The second kappa shape index (κ2) is 4.39. The maximum absolute atomic E-state index is 12.1. The van der Waals surface area contributed by atoms with Crippen molar-refractivity contribution in [1.82, 2.24) is 0 Å². The van der Waals surface area contributed by atoms with Crippen LogP contribution in [-0.2, 0) is 9.59 Å². The summed E-state index contributed by atoms with van der Waals surface area (Å²) in [6.45, 7) is 2.25. The quantitative estimate of drug-likeness (QED) is 0.550. The Balaban J connectivity index is 1.71. The minimum atomic E-state index is -0.357. The van der Waals surface area contributed by atoms with E-state index in [9.17, 15) is 14.7 Å². The van der Waals surface area contributed by atoms with E-state index in [0.29, 0.717) is 17.8 Å². The molecule has 0 spiro atoms. The van der Waals surface area contributed by atoms with Gasteiger partial charge >= 0.3 is 0 Å². The van der Waals surface area contributed by atoms with Gasteiger partial charge in [-0.1, -0.05) is 13.0 Å². The van der Waals surface area contributed by atoms with Crippen LogP contribution in [0.1, 0.15) is 45.4 Å². The van der Waals surface area contributed by atoms with Crippen molar-refractivity contribution in [3.63, 3.8) is 0 Å². The van der Waals surface area contributed by atoms with Crippen LogP contribution in [0.2, 0.25) is 0 Å². The molecular weight excluding hydrogens is 264 g/mol. The van der Waals surface area contributed by atoms with Crippen molar-refractivity contribution >= 4 is 11.6 Å². The molecule has 0 amide bonds. The predicted octanol–water partition coefficient (Wildman–Crippen LogP) is 2.59. The van der Waals surface area contributed by atoms with E-state index in [2.05, 4.69) is 6.92 Å². The van der Waals surface area contributed by atoms with Crippen LogP contribution in [0.4, 0.5) is 0 Å². The van der Waals surface area contributed by atoms with Crippen LogP contribution in [0.25, 0.3) is 0 Å². The maximum atomic E-state index is 12.1. The highest BCUT2D eigenvalue weighted by molar-refractivity contribution is 6.48. The molecule has 3 unspecified atom stereocenters. The number of Topliss-reactive ketones (excluding diaryl/α,β-unsaturated/α-hetero) is 1. The summed E-state index contributed by atoms with van der Waals surface area (Å²) in [7, 11) is 0. The maximum Gasteiger partial charge on any atom is 0.229 e. The van der Waals surface area contributed by atoms with Gasteiger partial charge < -0.3 is 5.11 Å². The van der Waals surface area contributed by atoms with E-state index < -0.39 is 0 Å². The molecule has 0 aromatic rings. The van der Waals surface area contributed by atoms with Crippen LogP contribution in [-0.4, -0.2) is 22.8 Å². The third kappa shape index (κ3) is 1.70. The third-order valence-corrected chi connectivity index (χ3v) is 6.77. The fraction of sp³-hybridized carbons (Fsp3) is 0.667.